The van der Waals surface area contributed by atoms with Crippen molar-refractivity contribution in [2.75, 3.05) is 14.2 Å². The van der Waals surface area contributed by atoms with Gasteiger partial charge in [0, 0.05) is 39.2 Å². The largest absolute Gasteiger partial charge is 0.497 e. The minimum absolute atomic E-state index is 0.572. The van der Waals surface area contributed by atoms with Crippen LogP contribution in [0.5, 0.6) is 11.5 Å². The third-order valence-electron chi connectivity index (χ3n) is 5.86. The topological polar surface area (TPSA) is 63.9 Å². The first-order valence-electron chi connectivity index (χ1n) is 11.3. The Morgan fingerprint density at radius 2 is 1.77 bits per heavy atom. The molecule has 0 aliphatic carbocycles. The maximum Gasteiger partial charge on any atom is 0.206 e. The van der Waals surface area contributed by atoms with Crippen LogP contribution in [0.25, 0.3) is 22.2 Å². The third kappa shape index (κ3) is 4.63. The zero-order chi connectivity index (χ0) is 24.2. The van der Waals surface area contributed by atoms with Crippen LogP contribution in [0.1, 0.15) is 16.8 Å². The molecule has 0 bridgehead atoms. The molecular formula is C28H26N4O2S. The monoisotopic (exact) mass is 482 g/mol. The maximum absolute atomic E-state index is 5.69. The van der Waals surface area contributed by atoms with E-state index in [4.69, 9.17) is 19.6 Å². The van der Waals surface area contributed by atoms with E-state index >= 15 is 0 Å². The number of aryl methyl sites for hydroxylation is 1. The first kappa shape index (κ1) is 22.7. The molecule has 0 fully saturated rings. The average Bonchev–Trinajstić information content (AvgIpc) is 3.45. The summed E-state index contributed by atoms with van der Waals surface area (Å²) in [5, 5.41) is 8.13. The predicted octanol–water partition coefficient (Wildman–Crippen LogP) is 6.01. The highest BCUT2D eigenvalue weighted by atomic mass is 32.1. The number of methoxy groups -OCH3 is 2. The molecule has 5 rings (SSSR count). The molecule has 0 aliphatic heterocycles. The fraction of sp³-hybridized carbons (Fsp3) is 0.143. The van der Waals surface area contributed by atoms with E-state index in [1.165, 1.54) is 0 Å². The molecule has 0 amide bonds. The highest BCUT2D eigenvalue weighted by Crippen LogP contribution is 2.33. The Bertz CT molecular complexity index is 1560. The molecule has 7 heteroatoms. The highest BCUT2D eigenvalue weighted by Gasteiger charge is 2.14. The Labute approximate surface area is 207 Å². The molecule has 0 atom stereocenters. The number of H-pyrrole nitrogens is 1. The maximum atomic E-state index is 5.69. The Morgan fingerprint density at radius 3 is 2.57 bits per heavy atom. The van der Waals surface area contributed by atoms with Gasteiger partial charge in [-0.2, -0.15) is 5.10 Å². The van der Waals surface area contributed by atoms with Gasteiger partial charge >= 0.3 is 0 Å². The van der Waals surface area contributed by atoms with Crippen LogP contribution in [-0.2, 0) is 6.54 Å². The van der Waals surface area contributed by atoms with Gasteiger partial charge in [-0.25, -0.2) is 4.68 Å². The number of nitrogens with one attached hydrogen (secondary N) is 1. The highest BCUT2D eigenvalue weighted by molar-refractivity contribution is 7.07. The van der Waals surface area contributed by atoms with Crippen LogP contribution in [-0.4, -0.2) is 30.1 Å². The molecule has 176 valence electrons. The minimum Gasteiger partial charge on any atom is -0.497 e. The lowest BCUT2D eigenvalue weighted by molar-refractivity contribution is 0.395. The second-order valence-corrected chi connectivity index (χ2v) is 8.87. The van der Waals surface area contributed by atoms with Crippen molar-refractivity contribution < 1.29 is 9.47 Å². The summed E-state index contributed by atoms with van der Waals surface area (Å²) in [6.45, 7) is 2.63. The second kappa shape index (κ2) is 10.0. The Balaban J connectivity index is 1.64. The number of benzene rings is 3. The fourth-order valence-corrected chi connectivity index (χ4v) is 4.87. The van der Waals surface area contributed by atoms with Crippen LogP contribution >= 0.6 is 11.3 Å². The fourth-order valence-electron chi connectivity index (χ4n) is 4.04. The van der Waals surface area contributed by atoms with Crippen LogP contribution in [0.2, 0.25) is 0 Å². The number of rotatable bonds is 7. The summed E-state index contributed by atoms with van der Waals surface area (Å²) >= 11 is 1.55. The SMILES string of the molecule is COc1ccc(-c2csc(=NCc3ccccc3)n2N=Cc2c(C)[nH]c3ccccc23)c(OC)c1. The standard InChI is InChI=1S/C28H26N4O2S/c1-19-24(22-11-7-8-12-25(22)31-19)17-30-32-26(23-14-13-21(33-2)15-27(23)34-3)18-35-28(32)29-16-20-9-5-4-6-10-20/h4-15,17-18,31H,16H2,1-3H3. The zero-order valence-electron chi connectivity index (χ0n) is 19.9. The predicted molar refractivity (Wildman–Crippen MR) is 143 cm³/mol. The summed E-state index contributed by atoms with van der Waals surface area (Å²) in [4.78, 5) is 9.13. The molecule has 0 saturated heterocycles. The number of ether oxygens (including phenoxy) is 2. The number of fused-ring (bicyclic) bond motifs is 1. The second-order valence-electron chi connectivity index (χ2n) is 8.04. The van der Waals surface area contributed by atoms with Gasteiger partial charge in [-0.15, -0.1) is 11.3 Å². The molecule has 0 unspecified atom stereocenters. The van der Waals surface area contributed by atoms with E-state index in [1.54, 1.807) is 25.6 Å². The van der Waals surface area contributed by atoms with Crippen LogP contribution < -0.4 is 14.3 Å². The molecule has 0 spiro atoms. The van der Waals surface area contributed by atoms with Gasteiger partial charge in [0.25, 0.3) is 0 Å². The van der Waals surface area contributed by atoms with Crippen molar-refractivity contribution >= 4 is 28.5 Å². The molecule has 1 N–H and O–H groups in total. The molecule has 2 heterocycles. The number of para-hydroxylation sites is 1. The molecule has 35 heavy (non-hydrogen) atoms. The van der Waals surface area contributed by atoms with E-state index in [0.717, 1.165) is 49.5 Å². The number of aromatic amines is 1. The molecule has 0 radical (unpaired) electrons. The molecule has 3 aromatic carbocycles. The Hall–Kier alpha value is -4.10. The van der Waals surface area contributed by atoms with Gasteiger partial charge in [-0.1, -0.05) is 48.5 Å². The van der Waals surface area contributed by atoms with Crippen molar-refractivity contribution in [3.05, 3.63) is 99.8 Å². The molecule has 6 nitrogen and oxygen atoms in total. The minimum atomic E-state index is 0.572. The first-order valence-corrected chi connectivity index (χ1v) is 12.1. The van der Waals surface area contributed by atoms with Gasteiger partial charge in [0.1, 0.15) is 11.5 Å². The number of hydrogen-bond donors (Lipinski definition) is 1. The number of thiazole rings is 1. The average molecular weight is 483 g/mol. The van der Waals surface area contributed by atoms with Crippen molar-refractivity contribution in [2.24, 2.45) is 10.1 Å². The summed E-state index contributed by atoms with van der Waals surface area (Å²) in [6, 6.07) is 24.3. The summed E-state index contributed by atoms with van der Waals surface area (Å²) in [5.74, 6) is 1.45. The number of aromatic nitrogens is 2. The van der Waals surface area contributed by atoms with Crippen molar-refractivity contribution in [3.63, 3.8) is 0 Å². The Kier molecular flexibility index (Phi) is 6.50. The summed E-state index contributed by atoms with van der Waals surface area (Å²) in [6.07, 6.45) is 1.90. The van der Waals surface area contributed by atoms with Crippen LogP contribution in [0.3, 0.4) is 0 Å². The van der Waals surface area contributed by atoms with Crippen LogP contribution in [0.15, 0.2) is 88.3 Å². The smallest absolute Gasteiger partial charge is 0.206 e. The quantitative estimate of drug-likeness (QED) is 0.289. The van der Waals surface area contributed by atoms with E-state index in [0.29, 0.717) is 12.3 Å². The van der Waals surface area contributed by atoms with Gasteiger partial charge in [0.05, 0.1) is 32.7 Å². The molecular weight excluding hydrogens is 456 g/mol. The molecule has 2 aromatic heterocycles. The van der Waals surface area contributed by atoms with E-state index in [1.807, 2.05) is 59.4 Å². The first-order chi connectivity index (χ1) is 17.2. The van der Waals surface area contributed by atoms with Gasteiger partial charge in [-0.3, -0.25) is 4.99 Å². The lowest BCUT2D eigenvalue weighted by Crippen LogP contribution is -2.13. The van der Waals surface area contributed by atoms with Crippen LogP contribution in [0.4, 0.5) is 0 Å². The van der Waals surface area contributed by atoms with Gasteiger partial charge in [-0.05, 0) is 30.7 Å². The Morgan fingerprint density at radius 1 is 0.971 bits per heavy atom. The lowest BCUT2D eigenvalue weighted by Gasteiger charge is -2.11. The number of hydrogen-bond acceptors (Lipinski definition) is 5. The van der Waals surface area contributed by atoms with Crippen molar-refractivity contribution in [1.29, 1.82) is 0 Å². The van der Waals surface area contributed by atoms with Gasteiger partial charge in [0.2, 0.25) is 4.80 Å². The van der Waals surface area contributed by atoms with Crippen LogP contribution in [0, 0.1) is 6.92 Å². The lowest BCUT2D eigenvalue weighted by atomic mass is 10.1. The summed E-state index contributed by atoms with van der Waals surface area (Å²) in [5.41, 5.74) is 6.17. The number of nitrogens with zero attached hydrogens (tertiary/aromatic N) is 3. The third-order valence-corrected chi connectivity index (χ3v) is 6.71. The van der Waals surface area contributed by atoms with E-state index in [9.17, 15) is 0 Å². The van der Waals surface area contributed by atoms with Gasteiger partial charge in [0.15, 0.2) is 0 Å². The normalized spacial score (nSPS) is 12.0. The molecule has 0 saturated carbocycles. The zero-order valence-corrected chi connectivity index (χ0v) is 20.7. The van der Waals surface area contributed by atoms with E-state index in [-0.39, 0.29) is 0 Å². The summed E-state index contributed by atoms with van der Waals surface area (Å²) in [7, 11) is 3.31. The molecule has 5 aromatic rings. The van der Waals surface area contributed by atoms with Gasteiger partial charge < -0.3 is 14.5 Å². The summed E-state index contributed by atoms with van der Waals surface area (Å²) < 4.78 is 13.0. The van der Waals surface area contributed by atoms with E-state index < -0.39 is 0 Å². The van der Waals surface area contributed by atoms with Crippen molar-refractivity contribution in [1.82, 2.24) is 9.66 Å². The van der Waals surface area contributed by atoms with Crippen molar-refractivity contribution in [2.45, 2.75) is 13.5 Å². The van der Waals surface area contributed by atoms with E-state index in [2.05, 4.69) is 41.6 Å². The molecule has 0 aliphatic rings. The van der Waals surface area contributed by atoms with Crippen molar-refractivity contribution in [3.8, 4) is 22.8 Å².